The summed E-state index contributed by atoms with van der Waals surface area (Å²) >= 11 is 5.86. The molecule has 1 amide bonds. The molecule has 0 saturated carbocycles. The number of amides is 1. The van der Waals surface area contributed by atoms with Crippen molar-refractivity contribution in [1.29, 1.82) is 0 Å². The van der Waals surface area contributed by atoms with E-state index in [2.05, 4.69) is 15.3 Å². The molecule has 4 nitrogen and oxygen atoms in total. The number of hydrogen-bond donors (Lipinski definition) is 1. The predicted octanol–water partition coefficient (Wildman–Crippen LogP) is 3.20. The van der Waals surface area contributed by atoms with Crippen molar-refractivity contribution in [2.75, 3.05) is 5.32 Å². The number of benzene rings is 1. The molecule has 0 fully saturated rings. The van der Waals surface area contributed by atoms with Gasteiger partial charge >= 0.3 is 0 Å². The van der Waals surface area contributed by atoms with Crippen molar-refractivity contribution in [1.82, 2.24) is 4.98 Å². The maximum Gasteiger partial charge on any atom is 0.231 e. The Hall–Kier alpha value is -2.20. The van der Waals surface area contributed by atoms with E-state index in [4.69, 9.17) is 11.6 Å². The van der Waals surface area contributed by atoms with Crippen LogP contribution in [0.4, 0.5) is 11.5 Å². The van der Waals surface area contributed by atoms with Gasteiger partial charge in [0.15, 0.2) is 5.82 Å². The molecule has 0 atom stereocenters. The second-order valence-electron chi connectivity index (χ2n) is 4.16. The van der Waals surface area contributed by atoms with Crippen molar-refractivity contribution in [2.45, 2.75) is 6.42 Å². The summed E-state index contributed by atoms with van der Waals surface area (Å²) in [7, 11) is 0. The van der Waals surface area contributed by atoms with Crippen molar-refractivity contribution in [2.24, 2.45) is 4.99 Å². The van der Waals surface area contributed by atoms with E-state index >= 15 is 0 Å². The topological polar surface area (TPSA) is 54.4 Å². The van der Waals surface area contributed by atoms with Gasteiger partial charge in [0.05, 0.1) is 12.1 Å². The number of nitrogens with one attached hydrogen (secondary N) is 1. The smallest absolute Gasteiger partial charge is 0.231 e. The lowest BCUT2D eigenvalue weighted by Crippen LogP contribution is -2.15. The fourth-order valence-corrected chi connectivity index (χ4v) is 2.03. The Kier molecular flexibility index (Phi) is 3.01. The zero-order valence-corrected chi connectivity index (χ0v) is 10.7. The number of nitrogens with zero attached hydrogens (tertiary/aromatic N) is 2. The fourth-order valence-electron chi connectivity index (χ4n) is 1.91. The van der Waals surface area contributed by atoms with Crippen molar-refractivity contribution in [3.05, 3.63) is 53.2 Å². The highest BCUT2D eigenvalue weighted by Gasteiger charge is 2.17. The highest BCUT2D eigenvalue weighted by atomic mass is 35.5. The molecule has 0 spiro atoms. The van der Waals surface area contributed by atoms with Crippen LogP contribution in [0.2, 0.25) is 5.02 Å². The van der Waals surface area contributed by atoms with Gasteiger partial charge in [-0.05, 0) is 29.8 Å². The third kappa shape index (κ3) is 2.48. The average molecular weight is 272 g/mol. The Labute approximate surface area is 115 Å². The molecule has 0 unspecified atom stereocenters. The summed E-state index contributed by atoms with van der Waals surface area (Å²) < 4.78 is 0. The van der Waals surface area contributed by atoms with Gasteiger partial charge in [-0.2, -0.15) is 0 Å². The van der Waals surface area contributed by atoms with Crippen LogP contribution >= 0.6 is 11.6 Å². The molecule has 3 rings (SSSR count). The summed E-state index contributed by atoms with van der Waals surface area (Å²) in [5.41, 5.74) is 2.26. The SMILES string of the molecule is O=C1CC(c2ccc(Cl)cc2)=Nc2cccnc2N1. The van der Waals surface area contributed by atoms with E-state index in [0.29, 0.717) is 22.2 Å². The first kappa shape index (κ1) is 11.9. The lowest BCUT2D eigenvalue weighted by Gasteiger charge is -2.03. The Morgan fingerprint density at radius 1 is 1.16 bits per heavy atom. The quantitative estimate of drug-likeness (QED) is 0.866. The molecule has 1 aliphatic heterocycles. The summed E-state index contributed by atoms with van der Waals surface area (Å²) in [6.45, 7) is 0. The number of anilines is 1. The second-order valence-corrected chi connectivity index (χ2v) is 4.60. The standard InChI is InChI=1S/C14H10ClN3O/c15-10-5-3-9(4-6-10)12-8-13(19)18-14-11(17-12)2-1-7-16-14/h1-7H,8H2,(H,16,18,19). The van der Waals surface area contributed by atoms with Crippen LogP contribution in [0.3, 0.4) is 0 Å². The van der Waals surface area contributed by atoms with Crippen molar-refractivity contribution in [3.8, 4) is 0 Å². The second kappa shape index (κ2) is 4.82. The first-order valence-corrected chi connectivity index (χ1v) is 6.18. The van der Waals surface area contributed by atoms with Crippen LogP contribution in [0.1, 0.15) is 12.0 Å². The van der Waals surface area contributed by atoms with Gasteiger partial charge in [0, 0.05) is 11.2 Å². The first-order chi connectivity index (χ1) is 9.22. The number of pyridine rings is 1. The van der Waals surface area contributed by atoms with Gasteiger partial charge in [0.25, 0.3) is 0 Å². The van der Waals surface area contributed by atoms with Crippen molar-refractivity contribution in [3.63, 3.8) is 0 Å². The fraction of sp³-hybridized carbons (Fsp3) is 0.0714. The molecule has 0 bridgehead atoms. The first-order valence-electron chi connectivity index (χ1n) is 5.81. The molecule has 1 aliphatic rings. The van der Waals surface area contributed by atoms with Gasteiger partial charge < -0.3 is 5.32 Å². The van der Waals surface area contributed by atoms with Crippen LogP contribution in [-0.4, -0.2) is 16.6 Å². The number of carbonyl (C=O) groups is 1. The van der Waals surface area contributed by atoms with Gasteiger partial charge in [-0.1, -0.05) is 23.7 Å². The number of fused-ring (bicyclic) bond motifs is 1. The van der Waals surface area contributed by atoms with Crippen LogP contribution in [-0.2, 0) is 4.79 Å². The molecule has 1 aromatic heterocycles. The van der Waals surface area contributed by atoms with Gasteiger partial charge in [-0.15, -0.1) is 0 Å². The van der Waals surface area contributed by atoms with Crippen LogP contribution in [0, 0.1) is 0 Å². The van der Waals surface area contributed by atoms with E-state index in [1.807, 2.05) is 18.2 Å². The highest BCUT2D eigenvalue weighted by Crippen LogP contribution is 2.26. The minimum atomic E-state index is -0.119. The third-order valence-corrected chi connectivity index (χ3v) is 3.06. The van der Waals surface area contributed by atoms with Gasteiger partial charge in [0.1, 0.15) is 5.69 Å². The van der Waals surface area contributed by atoms with Crippen molar-refractivity contribution >= 4 is 34.7 Å². The summed E-state index contributed by atoms with van der Waals surface area (Å²) in [5.74, 6) is 0.377. The van der Waals surface area contributed by atoms with E-state index in [9.17, 15) is 4.79 Å². The minimum Gasteiger partial charge on any atom is -0.309 e. The highest BCUT2D eigenvalue weighted by molar-refractivity contribution is 6.30. The summed E-state index contributed by atoms with van der Waals surface area (Å²) in [5, 5.41) is 3.40. The largest absolute Gasteiger partial charge is 0.309 e. The van der Waals surface area contributed by atoms with Gasteiger partial charge in [-0.3, -0.25) is 4.79 Å². The Balaban J connectivity index is 2.08. The van der Waals surface area contributed by atoms with E-state index in [1.165, 1.54) is 0 Å². The molecule has 5 heteroatoms. The van der Waals surface area contributed by atoms with E-state index < -0.39 is 0 Å². The lowest BCUT2D eigenvalue weighted by atomic mass is 10.1. The number of halogens is 1. The molecule has 1 N–H and O–H groups in total. The number of aliphatic imine (C=N–C) groups is 1. The number of carbonyl (C=O) groups excluding carboxylic acids is 1. The third-order valence-electron chi connectivity index (χ3n) is 2.81. The monoisotopic (exact) mass is 271 g/mol. The van der Waals surface area contributed by atoms with Crippen molar-refractivity contribution < 1.29 is 4.79 Å². The molecule has 0 saturated heterocycles. The maximum atomic E-state index is 11.8. The number of aromatic nitrogens is 1. The normalized spacial score (nSPS) is 14.2. The van der Waals surface area contributed by atoms with E-state index in [1.54, 1.807) is 24.4 Å². The predicted molar refractivity (Wildman–Crippen MR) is 75.1 cm³/mol. The molecule has 1 aromatic carbocycles. The van der Waals surface area contributed by atoms with E-state index in [0.717, 1.165) is 5.56 Å². The van der Waals surface area contributed by atoms with Crippen LogP contribution in [0.15, 0.2) is 47.6 Å². The Morgan fingerprint density at radius 2 is 1.95 bits per heavy atom. The zero-order chi connectivity index (χ0) is 13.2. The molecular formula is C14H10ClN3O. The average Bonchev–Trinajstić information content (AvgIpc) is 2.57. The molecule has 2 aromatic rings. The molecule has 0 radical (unpaired) electrons. The summed E-state index contributed by atoms with van der Waals surface area (Å²) in [4.78, 5) is 20.5. The zero-order valence-electron chi connectivity index (χ0n) is 9.93. The van der Waals surface area contributed by atoms with Gasteiger partial charge in [-0.25, -0.2) is 9.98 Å². The number of rotatable bonds is 1. The van der Waals surface area contributed by atoms with Gasteiger partial charge in [0.2, 0.25) is 5.91 Å². The summed E-state index contributed by atoms with van der Waals surface area (Å²) in [6, 6.07) is 10.9. The van der Waals surface area contributed by atoms with Crippen LogP contribution in [0.25, 0.3) is 0 Å². The molecule has 19 heavy (non-hydrogen) atoms. The minimum absolute atomic E-state index is 0.119. The Bertz CT molecular complexity index is 665. The molecule has 0 aliphatic carbocycles. The van der Waals surface area contributed by atoms with Crippen LogP contribution < -0.4 is 5.32 Å². The molecular weight excluding hydrogens is 262 g/mol. The summed E-state index contributed by atoms with van der Waals surface area (Å²) in [6.07, 6.45) is 1.85. The maximum absolute atomic E-state index is 11.8. The molecule has 2 heterocycles. The van der Waals surface area contributed by atoms with Crippen LogP contribution in [0.5, 0.6) is 0 Å². The Morgan fingerprint density at radius 3 is 2.74 bits per heavy atom. The number of hydrogen-bond acceptors (Lipinski definition) is 3. The lowest BCUT2D eigenvalue weighted by molar-refractivity contribution is -0.115. The molecule has 94 valence electrons. The van der Waals surface area contributed by atoms with E-state index in [-0.39, 0.29) is 12.3 Å².